The highest BCUT2D eigenvalue weighted by molar-refractivity contribution is 6.10. The molecule has 2 aromatic heterocycles. The van der Waals surface area contributed by atoms with E-state index in [4.69, 9.17) is 9.15 Å². The van der Waals surface area contributed by atoms with Crippen molar-refractivity contribution in [2.45, 2.75) is 19.4 Å². The number of hydrogen-bond acceptors (Lipinski definition) is 7. The SMILES string of the molecule is COc1ccc(NC(=O)c2cnn3c2N=C(c2c(O)cc(C)oc2=O)C[C@@H]3c2cccc(F)c2)cc1. The molecule has 0 spiro atoms. The van der Waals surface area contributed by atoms with Crippen LogP contribution in [0, 0.1) is 12.7 Å². The maximum atomic E-state index is 14.1. The number of nitrogens with zero attached hydrogens (tertiary/aromatic N) is 3. The topological polar surface area (TPSA) is 119 Å². The van der Waals surface area contributed by atoms with Gasteiger partial charge in [-0.2, -0.15) is 5.10 Å². The van der Waals surface area contributed by atoms with E-state index in [1.54, 1.807) is 50.4 Å². The Hall–Kier alpha value is -4.73. The van der Waals surface area contributed by atoms with Gasteiger partial charge in [-0.1, -0.05) is 12.1 Å². The van der Waals surface area contributed by atoms with E-state index in [1.807, 2.05) is 0 Å². The first-order valence-corrected chi connectivity index (χ1v) is 11.0. The lowest BCUT2D eigenvalue weighted by Crippen LogP contribution is -2.25. The molecule has 1 atom stereocenters. The molecule has 2 N–H and O–H groups in total. The fourth-order valence-corrected chi connectivity index (χ4v) is 4.16. The zero-order valence-corrected chi connectivity index (χ0v) is 19.4. The van der Waals surface area contributed by atoms with Crippen LogP contribution in [0.4, 0.5) is 15.9 Å². The summed E-state index contributed by atoms with van der Waals surface area (Å²) in [5, 5.41) is 17.7. The molecular weight excluding hydrogens is 467 g/mol. The predicted molar refractivity (Wildman–Crippen MR) is 130 cm³/mol. The Labute approximate surface area is 204 Å². The summed E-state index contributed by atoms with van der Waals surface area (Å²) < 4.78 is 25.9. The normalized spacial score (nSPS) is 14.6. The minimum atomic E-state index is -0.763. The number of methoxy groups -OCH3 is 1. The Balaban J connectivity index is 1.61. The first kappa shape index (κ1) is 23.0. The highest BCUT2D eigenvalue weighted by Gasteiger charge is 2.32. The van der Waals surface area contributed by atoms with Crippen LogP contribution in [-0.2, 0) is 0 Å². The van der Waals surface area contributed by atoms with Gasteiger partial charge in [-0.15, -0.1) is 0 Å². The monoisotopic (exact) mass is 488 g/mol. The lowest BCUT2D eigenvalue weighted by atomic mass is 9.96. The maximum absolute atomic E-state index is 14.1. The van der Waals surface area contributed by atoms with Gasteiger partial charge in [-0.3, -0.25) is 4.79 Å². The third kappa shape index (κ3) is 4.24. The van der Waals surface area contributed by atoms with Crippen LogP contribution in [0.25, 0.3) is 0 Å². The summed E-state index contributed by atoms with van der Waals surface area (Å²) in [5.41, 5.74) is 0.545. The molecule has 2 aromatic carbocycles. The van der Waals surface area contributed by atoms with Gasteiger partial charge in [0.15, 0.2) is 5.82 Å². The van der Waals surface area contributed by atoms with Crippen molar-refractivity contribution in [2.24, 2.45) is 4.99 Å². The number of aromatic nitrogens is 2. The van der Waals surface area contributed by atoms with Gasteiger partial charge in [0.05, 0.1) is 25.1 Å². The van der Waals surface area contributed by atoms with Crippen LogP contribution in [0.5, 0.6) is 11.5 Å². The van der Waals surface area contributed by atoms with E-state index in [9.17, 15) is 19.1 Å². The van der Waals surface area contributed by atoms with E-state index in [-0.39, 0.29) is 40.6 Å². The summed E-state index contributed by atoms with van der Waals surface area (Å²) in [4.78, 5) is 30.3. The van der Waals surface area contributed by atoms with Crippen LogP contribution >= 0.6 is 0 Å². The third-order valence-electron chi connectivity index (χ3n) is 5.86. The molecule has 5 rings (SSSR count). The van der Waals surface area contributed by atoms with Gasteiger partial charge in [-0.25, -0.2) is 18.9 Å². The zero-order chi connectivity index (χ0) is 25.4. The van der Waals surface area contributed by atoms with Crippen molar-refractivity contribution in [3.8, 4) is 11.5 Å². The van der Waals surface area contributed by atoms with Crippen molar-refractivity contribution in [3.63, 3.8) is 0 Å². The Morgan fingerprint density at radius 2 is 2.00 bits per heavy atom. The Morgan fingerprint density at radius 1 is 1.22 bits per heavy atom. The number of aliphatic imine (C=N–C) groups is 1. The molecule has 1 amide bonds. The molecular formula is C26H21FN4O5. The Kier molecular flexibility index (Phi) is 5.85. The number of carbonyl (C=O) groups is 1. The summed E-state index contributed by atoms with van der Waals surface area (Å²) in [6, 6.07) is 13.5. The number of anilines is 1. The molecule has 0 aliphatic carbocycles. The molecule has 1 aliphatic heterocycles. The Bertz CT molecular complexity index is 1560. The average Bonchev–Trinajstić information content (AvgIpc) is 3.27. The van der Waals surface area contributed by atoms with Crippen molar-refractivity contribution in [1.29, 1.82) is 0 Å². The molecule has 0 saturated heterocycles. The predicted octanol–water partition coefficient (Wildman–Crippen LogP) is 4.36. The van der Waals surface area contributed by atoms with Crippen molar-refractivity contribution in [3.05, 3.63) is 99.5 Å². The lowest BCUT2D eigenvalue weighted by molar-refractivity contribution is 0.102. The number of halogens is 1. The first-order valence-electron chi connectivity index (χ1n) is 11.0. The highest BCUT2D eigenvalue weighted by Crippen LogP contribution is 2.37. The number of aromatic hydroxyl groups is 1. The zero-order valence-electron chi connectivity index (χ0n) is 19.4. The van der Waals surface area contributed by atoms with E-state index in [0.29, 0.717) is 17.0 Å². The molecule has 9 nitrogen and oxygen atoms in total. The van der Waals surface area contributed by atoms with Gasteiger partial charge in [0.1, 0.15) is 34.2 Å². The van der Waals surface area contributed by atoms with Crippen molar-refractivity contribution < 1.29 is 23.4 Å². The Morgan fingerprint density at radius 3 is 2.69 bits per heavy atom. The van der Waals surface area contributed by atoms with Crippen molar-refractivity contribution in [1.82, 2.24) is 9.78 Å². The van der Waals surface area contributed by atoms with Crippen LogP contribution in [0.1, 0.15) is 39.7 Å². The average molecular weight is 488 g/mol. The molecule has 10 heteroatoms. The molecule has 3 heterocycles. The van der Waals surface area contributed by atoms with Gasteiger partial charge in [0.25, 0.3) is 5.91 Å². The van der Waals surface area contributed by atoms with Crippen LogP contribution < -0.4 is 15.7 Å². The second-order valence-corrected chi connectivity index (χ2v) is 8.25. The molecule has 4 aromatic rings. The molecule has 0 radical (unpaired) electrons. The highest BCUT2D eigenvalue weighted by atomic mass is 19.1. The summed E-state index contributed by atoms with van der Waals surface area (Å²) in [5.74, 6) is -0.178. The second kappa shape index (κ2) is 9.14. The molecule has 36 heavy (non-hydrogen) atoms. The van der Waals surface area contributed by atoms with Gasteiger partial charge >= 0.3 is 5.63 Å². The van der Waals surface area contributed by atoms with E-state index < -0.39 is 23.4 Å². The fraction of sp³-hybridized carbons (Fsp3) is 0.154. The number of hydrogen-bond donors (Lipinski definition) is 2. The number of ether oxygens (including phenoxy) is 1. The number of rotatable bonds is 5. The van der Waals surface area contributed by atoms with Crippen LogP contribution in [0.15, 0.2) is 75.0 Å². The first-order chi connectivity index (χ1) is 17.3. The number of nitrogens with one attached hydrogen (secondary N) is 1. The largest absolute Gasteiger partial charge is 0.507 e. The summed E-state index contributed by atoms with van der Waals surface area (Å²) in [6.07, 6.45) is 1.48. The number of benzene rings is 2. The number of aryl methyl sites for hydroxylation is 1. The number of fused-ring (bicyclic) bond motifs is 1. The fourth-order valence-electron chi connectivity index (χ4n) is 4.16. The molecule has 182 valence electrons. The third-order valence-corrected chi connectivity index (χ3v) is 5.86. The van der Waals surface area contributed by atoms with E-state index in [1.165, 1.54) is 29.1 Å². The number of amides is 1. The van der Waals surface area contributed by atoms with Gasteiger partial charge in [0, 0.05) is 18.2 Å². The van der Waals surface area contributed by atoms with E-state index >= 15 is 0 Å². The summed E-state index contributed by atoms with van der Waals surface area (Å²) >= 11 is 0. The van der Waals surface area contributed by atoms with Gasteiger partial charge < -0.3 is 19.6 Å². The molecule has 0 saturated carbocycles. The number of carbonyl (C=O) groups excluding carboxylic acids is 1. The van der Waals surface area contributed by atoms with Crippen molar-refractivity contribution in [2.75, 3.05) is 12.4 Å². The molecule has 0 unspecified atom stereocenters. The minimum absolute atomic E-state index is 0.110. The summed E-state index contributed by atoms with van der Waals surface area (Å²) in [7, 11) is 1.55. The lowest BCUT2D eigenvalue weighted by Gasteiger charge is -2.25. The quantitative estimate of drug-likeness (QED) is 0.431. The smallest absolute Gasteiger partial charge is 0.348 e. The van der Waals surface area contributed by atoms with E-state index in [2.05, 4.69) is 15.4 Å². The minimum Gasteiger partial charge on any atom is -0.507 e. The van der Waals surface area contributed by atoms with Crippen molar-refractivity contribution >= 4 is 23.1 Å². The van der Waals surface area contributed by atoms with Crippen LogP contribution in [0.2, 0.25) is 0 Å². The molecule has 1 aliphatic rings. The summed E-state index contributed by atoms with van der Waals surface area (Å²) in [6.45, 7) is 1.54. The van der Waals surface area contributed by atoms with Crippen LogP contribution in [-0.4, -0.2) is 33.6 Å². The van der Waals surface area contributed by atoms with Crippen LogP contribution in [0.3, 0.4) is 0 Å². The second-order valence-electron chi connectivity index (χ2n) is 8.25. The molecule has 0 bridgehead atoms. The van der Waals surface area contributed by atoms with Gasteiger partial charge in [0.2, 0.25) is 0 Å². The van der Waals surface area contributed by atoms with E-state index in [0.717, 1.165) is 0 Å². The maximum Gasteiger partial charge on any atom is 0.348 e. The molecule has 0 fully saturated rings. The standard InChI is InChI=1S/C26H21FN4O5/c1-14-10-22(32)23(26(34)36-14)20-12-21(15-4-3-5-16(27)11-15)31-24(30-20)19(13-28-31)25(33)29-17-6-8-18(35-2)9-7-17/h3-11,13,21,32H,12H2,1-2H3,(H,29,33)/t21-/m1/s1. The van der Waals surface area contributed by atoms with Gasteiger partial charge in [-0.05, 0) is 48.9 Å².